The van der Waals surface area contributed by atoms with Crippen LogP contribution >= 0.6 is 0 Å². The Balaban J connectivity index is 2.35. The number of anilines is 1. The van der Waals surface area contributed by atoms with E-state index in [4.69, 9.17) is 5.73 Å². The number of nitrogens with two attached hydrogens (primary N) is 1. The molecule has 0 amide bonds. The first-order valence-corrected chi connectivity index (χ1v) is 5.10. The van der Waals surface area contributed by atoms with Gasteiger partial charge in [0.25, 0.3) is 5.95 Å². The molecular weight excluding hydrogens is 202 g/mol. The van der Waals surface area contributed by atoms with Gasteiger partial charge in [-0.1, -0.05) is 20.8 Å². The van der Waals surface area contributed by atoms with Gasteiger partial charge in [0, 0.05) is 6.20 Å². The second-order valence-electron chi connectivity index (χ2n) is 4.74. The summed E-state index contributed by atoms with van der Waals surface area (Å²) >= 11 is 0. The van der Waals surface area contributed by atoms with Crippen molar-refractivity contribution in [1.82, 2.24) is 19.7 Å². The van der Waals surface area contributed by atoms with E-state index in [1.165, 1.54) is 0 Å². The van der Waals surface area contributed by atoms with E-state index in [2.05, 4.69) is 35.8 Å². The monoisotopic (exact) mass is 217 g/mol. The molecule has 5 heteroatoms. The first-order valence-electron chi connectivity index (χ1n) is 5.10. The predicted molar refractivity (Wildman–Crippen MR) is 62.3 cm³/mol. The maximum atomic E-state index is 5.52. The molecule has 0 aliphatic carbocycles. The van der Waals surface area contributed by atoms with Crippen LogP contribution in [-0.4, -0.2) is 19.7 Å². The standard InChI is InChI=1S/C11H15N5/c1-11(2,3)8-4-15-16(7-8)10-13-5-9(12)6-14-10/h4-7H,12H2,1-3H3. The summed E-state index contributed by atoms with van der Waals surface area (Å²) in [6.45, 7) is 6.41. The summed E-state index contributed by atoms with van der Waals surface area (Å²) in [5.74, 6) is 0.532. The second-order valence-corrected chi connectivity index (χ2v) is 4.74. The van der Waals surface area contributed by atoms with E-state index < -0.39 is 0 Å². The lowest BCUT2D eigenvalue weighted by molar-refractivity contribution is 0.590. The smallest absolute Gasteiger partial charge is 0.250 e. The third-order valence-electron chi connectivity index (χ3n) is 2.31. The van der Waals surface area contributed by atoms with Gasteiger partial charge in [0.2, 0.25) is 0 Å². The molecule has 16 heavy (non-hydrogen) atoms. The van der Waals surface area contributed by atoms with E-state index in [9.17, 15) is 0 Å². The van der Waals surface area contributed by atoms with E-state index in [0.29, 0.717) is 11.6 Å². The van der Waals surface area contributed by atoms with Crippen LogP contribution in [0.15, 0.2) is 24.8 Å². The van der Waals surface area contributed by atoms with Gasteiger partial charge in [-0.15, -0.1) is 0 Å². The van der Waals surface area contributed by atoms with Gasteiger partial charge >= 0.3 is 0 Å². The predicted octanol–water partition coefficient (Wildman–Crippen LogP) is 1.54. The summed E-state index contributed by atoms with van der Waals surface area (Å²) in [6.07, 6.45) is 6.91. The maximum absolute atomic E-state index is 5.52. The molecule has 2 aromatic rings. The highest BCUT2D eigenvalue weighted by Crippen LogP contribution is 2.21. The molecule has 0 radical (unpaired) electrons. The summed E-state index contributed by atoms with van der Waals surface area (Å²) in [7, 11) is 0. The quantitative estimate of drug-likeness (QED) is 0.786. The Morgan fingerprint density at radius 3 is 2.25 bits per heavy atom. The molecule has 0 aromatic carbocycles. The van der Waals surface area contributed by atoms with Gasteiger partial charge in [-0.2, -0.15) is 5.10 Å². The van der Waals surface area contributed by atoms with Gasteiger partial charge in [-0.3, -0.25) is 0 Å². The molecule has 0 bridgehead atoms. The minimum atomic E-state index is 0.0755. The fourth-order valence-corrected chi connectivity index (χ4v) is 1.27. The molecule has 0 fully saturated rings. The minimum absolute atomic E-state index is 0.0755. The van der Waals surface area contributed by atoms with Crippen LogP contribution < -0.4 is 5.73 Å². The lowest BCUT2D eigenvalue weighted by atomic mass is 9.90. The number of aromatic nitrogens is 4. The van der Waals surface area contributed by atoms with E-state index in [0.717, 1.165) is 5.56 Å². The zero-order chi connectivity index (χ0) is 11.8. The Morgan fingerprint density at radius 1 is 1.12 bits per heavy atom. The van der Waals surface area contributed by atoms with Crippen LogP contribution in [0.5, 0.6) is 0 Å². The molecule has 0 aliphatic rings. The van der Waals surface area contributed by atoms with Crippen LogP contribution in [0.2, 0.25) is 0 Å². The third kappa shape index (κ3) is 2.03. The number of nitrogens with zero attached hydrogens (tertiary/aromatic N) is 4. The fourth-order valence-electron chi connectivity index (χ4n) is 1.27. The van der Waals surface area contributed by atoms with Crippen molar-refractivity contribution in [2.45, 2.75) is 26.2 Å². The summed E-state index contributed by atoms with van der Waals surface area (Å²) in [4.78, 5) is 8.22. The lowest BCUT2D eigenvalue weighted by Gasteiger charge is -2.14. The molecule has 0 unspecified atom stereocenters. The van der Waals surface area contributed by atoms with Crippen molar-refractivity contribution in [2.24, 2.45) is 0 Å². The van der Waals surface area contributed by atoms with E-state index in [-0.39, 0.29) is 5.41 Å². The van der Waals surface area contributed by atoms with Crippen LogP contribution in [0.1, 0.15) is 26.3 Å². The van der Waals surface area contributed by atoms with E-state index in [1.54, 1.807) is 17.1 Å². The van der Waals surface area contributed by atoms with Crippen molar-refractivity contribution in [3.8, 4) is 5.95 Å². The molecule has 2 N–H and O–H groups in total. The molecule has 84 valence electrons. The van der Waals surface area contributed by atoms with Crippen LogP contribution in [0.4, 0.5) is 5.69 Å². The average Bonchev–Trinajstić information content (AvgIpc) is 2.67. The second kappa shape index (κ2) is 3.59. The van der Waals surface area contributed by atoms with Crippen LogP contribution in [0.25, 0.3) is 5.95 Å². The van der Waals surface area contributed by atoms with Crippen molar-refractivity contribution < 1.29 is 0 Å². The number of hydrogen-bond acceptors (Lipinski definition) is 4. The Kier molecular flexibility index (Phi) is 2.38. The van der Waals surface area contributed by atoms with Gasteiger partial charge in [-0.25, -0.2) is 14.6 Å². The SMILES string of the molecule is CC(C)(C)c1cnn(-c2ncc(N)cn2)c1. The summed E-state index contributed by atoms with van der Waals surface area (Å²) in [6, 6.07) is 0. The van der Waals surface area contributed by atoms with Crippen molar-refractivity contribution in [3.05, 3.63) is 30.4 Å². The zero-order valence-corrected chi connectivity index (χ0v) is 9.68. The molecule has 0 saturated carbocycles. The van der Waals surface area contributed by atoms with E-state index in [1.807, 2.05) is 12.4 Å². The Bertz CT molecular complexity index is 478. The first kappa shape index (κ1) is 10.6. The highest BCUT2D eigenvalue weighted by Gasteiger charge is 2.16. The van der Waals surface area contributed by atoms with E-state index >= 15 is 0 Å². The van der Waals surface area contributed by atoms with Crippen molar-refractivity contribution in [3.63, 3.8) is 0 Å². The molecule has 2 aromatic heterocycles. The first-order chi connectivity index (χ1) is 7.47. The Hall–Kier alpha value is -1.91. The Labute approximate surface area is 94.3 Å². The molecule has 2 heterocycles. The fraction of sp³-hybridized carbons (Fsp3) is 0.364. The molecule has 0 aliphatic heterocycles. The number of rotatable bonds is 1. The average molecular weight is 217 g/mol. The summed E-state index contributed by atoms with van der Waals surface area (Å²) in [5.41, 5.74) is 7.29. The molecule has 2 rings (SSSR count). The van der Waals surface area contributed by atoms with Crippen molar-refractivity contribution >= 4 is 5.69 Å². The number of nitrogen functional groups attached to an aromatic ring is 1. The zero-order valence-electron chi connectivity index (χ0n) is 9.68. The highest BCUT2D eigenvalue weighted by molar-refractivity contribution is 5.32. The van der Waals surface area contributed by atoms with Gasteiger partial charge in [0.15, 0.2) is 0 Å². The van der Waals surface area contributed by atoms with Gasteiger partial charge in [-0.05, 0) is 11.0 Å². The molecular formula is C11H15N5. The molecule has 0 atom stereocenters. The lowest BCUT2D eigenvalue weighted by Crippen LogP contribution is -2.09. The molecule has 0 spiro atoms. The minimum Gasteiger partial charge on any atom is -0.396 e. The summed E-state index contributed by atoms with van der Waals surface area (Å²) in [5, 5.41) is 4.23. The third-order valence-corrected chi connectivity index (χ3v) is 2.31. The normalized spacial score (nSPS) is 11.7. The number of hydrogen-bond donors (Lipinski definition) is 1. The van der Waals surface area contributed by atoms with Gasteiger partial charge < -0.3 is 5.73 Å². The van der Waals surface area contributed by atoms with Crippen LogP contribution in [-0.2, 0) is 5.41 Å². The molecule has 5 nitrogen and oxygen atoms in total. The van der Waals surface area contributed by atoms with Crippen molar-refractivity contribution in [2.75, 3.05) is 5.73 Å². The largest absolute Gasteiger partial charge is 0.396 e. The Morgan fingerprint density at radius 2 is 1.75 bits per heavy atom. The van der Waals surface area contributed by atoms with Crippen LogP contribution in [0.3, 0.4) is 0 Å². The highest BCUT2D eigenvalue weighted by atomic mass is 15.3. The van der Waals surface area contributed by atoms with Gasteiger partial charge in [0.05, 0.1) is 24.3 Å². The topological polar surface area (TPSA) is 69.6 Å². The van der Waals surface area contributed by atoms with Crippen molar-refractivity contribution in [1.29, 1.82) is 0 Å². The maximum Gasteiger partial charge on any atom is 0.250 e. The van der Waals surface area contributed by atoms with Gasteiger partial charge in [0.1, 0.15) is 0 Å². The summed E-state index contributed by atoms with van der Waals surface area (Å²) < 4.78 is 1.65. The van der Waals surface area contributed by atoms with Crippen LogP contribution in [0, 0.1) is 0 Å². The molecule has 0 saturated heterocycles.